The third kappa shape index (κ3) is 5.12. The van der Waals surface area contributed by atoms with Gasteiger partial charge < -0.3 is 20.3 Å². The lowest BCUT2D eigenvalue weighted by Crippen LogP contribution is -2.40. The minimum Gasteiger partial charge on any atom is -0.504 e. The predicted molar refractivity (Wildman–Crippen MR) is 112 cm³/mol. The van der Waals surface area contributed by atoms with E-state index in [1.54, 1.807) is 43.5 Å². The van der Waals surface area contributed by atoms with Gasteiger partial charge in [-0.2, -0.15) is 0 Å². The molecule has 30 heavy (non-hydrogen) atoms. The molecule has 0 atom stereocenters. The molecule has 2 aromatic carbocycles. The summed E-state index contributed by atoms with van der Waals surface area (Å²) in [5, 5.41) is 20.9. The third-order valence-corrected chi connectivity index (χ3v) is 5.27. The lowest BCUT2D eigenvalue weighted by atomic mass is 10.1. The number of amides is 3. The van der Waals surface area contributed by atoms with Crippen LogP contribution in [0.25, 0.3) is 6.08 Å². The number of imide groups is 1. The highest BCUT2D eigenvalue weighted by atomic mass is 32.2. The van der Waals surface area contributed by atoms with Gasteiger partial charge in [-0.15, -0.1) is 0 Å². The summed E-state index contributed by atoms with van der Waals surface area (Å²) in [4.78, 5) is 38.0. The Morgan fingerprint density at radius 1 is 1.13 bits per heavy atom. The van der Waals surface area contributed by atoms with Crippen LogP contribution >= 0.6 is 11.8 Å². The molecule has 0 spiro atoms. The van der Waals surface area contributed by atoms with E-state index in [-0.39, 0.29) is 29.5 Å². The van der Waals surface area contributed by atoms with Gasteiger partial charge in [-0.05, 0) is 59.7 Å². The number of ether oxygens (including phenoxy) is 1. The summed E-state index contributed by atoms with van der Waals surface area (Å²) < 4.78 is 5.09. The van der Waals surface area contributed by atoms with Gasteiger partial charge in [0.15, 0.2) is 11.5 Å². The number of aromatic hydroxyl groups is 2. The van der Waals surface area contributed by atoms with E-state index in [9.17, 15) is 24.6 Å². The summed E-state index contributed by atoms with van der Waals surface area (Å²) in [5.74, 6) is -0.755. The Morgan fingerprint density at radius 2 is 1.87 bits per heavy atom. The topological polar surface area (TPSA) is 116 Å². The van der Waals surface area contributed by atoms with Crippen LogP contribution in [0.15, 0.2) is 47.4 Å². The third-order valence-electron chi connectivity index (χ3n) is 4.36. The lowest BCUT2D eigenvalue weighted by Gasteiger charge is -2.12. The van der Waals surface area contributed by atoms with E-state index in [2.05, 4.69) is 5.32 Å². The van der Waals surface area contributed by atoms with E-state index in [0.29, 0.717) is 12.2 Å². The zero-order valence-corrected chi connectivity index (χ0v) is 16.9. The molecule has 0 radical (unpaired) electrons. The van der Waals surface area contributed by atoms with Crippen molar-refractivity contribution in [1.29, 1.82) is 0 Å². The maximum atomic E-state index is 12.5. The Labute approximate surface area is 177 Å². The second kappa shape index (κ2) is 9.36. The molecule has 1 fully saturated rings. The first-order valence-corrected chi connectivity index (χ1v) is 9.86. The average molecular weight is 428 g/mol. The van der Waals surface area contributed by atoms with Crippen molar-refractivity contribution < 1.29 is 29.3 Å². The van der Waals surface area contributed by atoms with Gasteiger partial charge in [0.1, 0.15) is 12.3 Å². The number of rotatable bonds is 7. The number of carbonyl (C=O) groups is 3. The van der Waals surface area contributed by atoms with Gasteiger partial charge in [-0.25, -0.2) is 0 Å². The number of phenols is 2. The zero-order chi connectivity index (χ0) is 21.7. The van der Waals surface area contributed by atoms with Crippen LogP contribution in [-0.4, -0.2) is 52.4 Å². The second-order valence-electron chi connectivity index (χ2n) is 6.46. The lowest BCUT2D eigenvalue weighted by molar-refractivity contribution is -0.129. The Hall–Kier alpha value is -3.46. The molecule has 0 aromatic heterocycles. The van der Waals surface area contributed by atoms with E-state index >= 15 is 0 Å². The Balaban J connectivity index is 1.54. The molecule has 1 aliphatic rings. The summed E-state index contributed by atoms with van der Waals surface area (Å²) in [6, 6.07) is 11.4. The summed E-state index contributed by atoms with van der Waals surface area (Å²) in [5.41, 5.74) is 1.46. The molecule has 0 unspecified atom stereocenters. The second-order valence-corrected chi connectivity index (χ2v) is 7.46. The molecular weight excluding hydrogens is 408 g/mol. The number of hydrogen-bond acceptors (Lipinski definition) is 7. The highest BCUT2D eigenvalue weighted by Crippen LogP contribution is 2.32. The molecule has 1 aliphatic heterocycles. The Kier molecular flexibility index (Phi) is 6.63. The van der Waals surface area contributed by atoms with Crippen molar-refractivity contribution in [2.75, 3.05) is 20.2 Å². The van der Waals surface area contributed by atoms with Crippen LogP contribution in [0.1, 0.15) is 11.1 Å². The summed E-state index contributed by atoms with van der Waals surface area (Å²) >= 11 is 0.788. The molecule has 8 nitrogen and oxygen atoms in total. The van der Waals surface area contributed by atoms with Crippen LogP contribution in [0, 0.1) is 0 Å². The van der Waals surface area contributed by atoms with E-state index in [0.717, 1.165) is 27.8 Å². The Morgan fingerprint density at radius 3 is 2.53 bits per heavy atom. The number of benzene rings is 2. The first-order valence-electron chi connectivity index (χ1n) is 9.04. The number of thioether (sulfide) groups is 1. The molecule has 9 heteroatoms. The van der Waals surface area contributed by atoms with E-state index in [4.69, 9.17) is 4.74 Å². The normalized spacial score (nSPS) is 15.0. The summed E-state index contributed by atoms with van der Waals surface area (Å²) in [6.07, 6.45) is 2.01. The average Bonchev–Trinajstić information content (AvgIpc) is 2.98. The monoisotopic (exact) mass is 428 g/mol. The molecular formula is C21H20N2O6S. The van der Waals surface area contributed by atoms with Gasteiger partial charge in [0.2, 0.25) is 5.91 Å². The van der Waals surface area contributed by atoms with Crippen LogP contribution < -0.4 is 10.1 Å². The molecule has 2 aromatic rings. The molecule has 0 aliphatic carbocycles. The van der Waals surface area contributed by atoms with Crippen LogP contribution in [-0.2, 0) is 16.0 Å². The van der Waals surface area contributed by atoms with Gasteiger partial charge in [0.25, 0.3) is 11.1 Å². The number of nitrogens with zero attached hydrogens (tertiary/aromatic N) is 1. The fraction of sp³-hybridized carbons (Fsp3) is 0.190. The van der Waals surface area contributed by atoms with Gasteiger partial charge in [0.05, 0.1) is 12.0 Å². The van der Waals surface area contributed by atoms with E-state index in [1.807, 2.05) is 0 Å². The highest BCUT2D eigenvalue weighted by Gasteiger charge is 2.36. The van der Waals surface area contributed by atoms with Crippen LogP contribution in [0.2, 0.25) is 0 Å². The number of carbonyl (C=O) groups excluding carboxylic acids is 3. The predicted octanol–water partition coefficient (Wildman–Crippen LogP) is 2.50. The molecule has 3 amide bonds. The smallest absolute Gasteiger partial charge is 0.294 e. The number of phenolic OH excluding ortho intramolecular Hbond substituents is 2. The van der Waals surface area contributed by atoms with Gasteiger partial charge in [0, 0.05) is 6.54 Å². The first-order chi connectivity index (χ1) is 14.4. The van der Waals surface area contributed by atoms with Gasteiger partial charge in [-0.1, -0.05) is 18.2 Å². The van der Waals surface area contributed by atoms with Crippen LogP contribution in [0.5, 0.6) is 17.2 Å². The van der Waals surface area contributed by atoms with Gasteiger partial charge >= 0.3 is 0 Å². The number of methoxy groups -OCH3 is 1. The van der Waals surface area contributed by atoms with E-state index < -0.39 is 17.1 Å². The minimum atomic E-state index is -0.514. The van der Waals surface area contributed by atoms with Gasteiger partial charge in [-0.3, -0.25) is 19.3 Å². The fourth-order valence-corrected chi connectivity index (χ4v) is 3.60. The SMILES string of the molecule is COc1ccc(/C=C2\SC(=O)N(CC(=O)NCCc3ccc(O)c(O)c3)C2=O)cc1. The van der Waals surface area contributed by atoms with Crippen molar-refractivity contribution in [1.82, 2.24) is 10.2 Å². The molecule has 3 N–H and O–H groups in total. The summed E-state index contributed by atoms with van der Waals surface area (Å²) in [7, 11) is 1.56. The standard InChI is InChI=1S/C21H20N2O6S/c1-29-15-5-2-13(3-6-15)11-18-20(27)23(21(28)30-18)12-19(26)22-9-8-14-4-7-16(24)17(25)10-14/h2-7,10-11,24-25H,8-9,12H2,1H3,(H,22,26)/b18-11-. The number of hydrogen-bond donors (Lipinski definition) is 3. The molecule has 1 heterocycles. The quantitative estimate of drug-likeness (QED) is 0.458. The molecule has 156 valence electrons. The fourth-order valence-electron chi connectivity index (χ4n) is 2.76. The molecule has 0 saturated carbocycles. The van der Waals surface area contributed by atoms with Crippen molar-refractivity contribution >= 4 is 34.9 Å². The largest absolute Gasteiger partial charge is 0.504 e. The molecule has 3 rings (SSSR count). The van der Waals surface area contributed by atoms with Crippen molar-refractivity contribution in [2.24, 2.45) is 0 Å². The highest BCUT2D eigenvalue weighted by molar-refractivity contribution is 8.18. The van der Waals surface area contributed by atoms with E-state index in [1.165, 1.54) is 12.1 Å². The van der Waals surface area contributed by atoms with Crippen molar-refractivity contribution in [3.05, 3.63) is 58.5 Å². The maximum Gasteiger partial charge on any atom is 0.294 e. The van der Waals surface area contributed by atoms with Crippen LogP contribution in [0.3, 0.4) is 0 Å². The zero-order valence-electron chi connectivity index (χ0n) is 16.1. The van der Waals surface area contributed by atoms with Crippen molar-refractivity contribution in [2.45, 2.75) is 6.42 Å². The molecule has 1 saturated heterocycles. The first kappa shape index (κ1) is 21.3. The minimum absolute atomic E-state index is 0.218. The maximum absolute atomic E-state index is 12.5. The number of nitrogens with one attached hydrogen (secondary N) is 1. The summed E-state index contributed by atoms with van der Waals surface area (Å²) in [6.45, 7) is -0.119. The van der Waals surface area contributed by atoms with Crippen molar-refractivity contribution in [3.8, 4) is 17.2 Å². The Bertz CT molecular complexity index is 1000. The van der Waals surface area contributed by atoms with Crippen LogP contribution in [0.4, 0.5) is 4.79 Å². The molecule has 0 bridgehead atoms. The van der Waals surface area contributed by atoms with Crippen molar-refractivity contribution in [3.63, 3.8) is 0 Å².